The topological polar surface area (TPSA) is 108 Å². The van der Waals surface area contributed by atoms with E-state index >= 15 is 0 Å². The lowest BCUT2D eigenvalue weighted by molar-refractivity contribution is -0.384. The zero-order chi connectivity index (χ0) is 20.7. The summed E-state index contributed by atoms with van der Waals surface area (Å²) in [6, 6.07) is 10.1. The Hall–Kier alpha value is -3.13. The van der Waals surface area contributed by atoms with Crippen LogP contribution in [0.3, 0.4) is 0 Å². The first-order valence-corrected chi connectivity index (χ1v) is 8.78. The molecular weight excluding hydrogens is 388 g/mol. The minimum Gasteiger partial charge on any atom is -0.493 e. The van der Waals surface area contributed by atoms with Crippen LogP contribution < -0.4 is 10.1 Å². The number of non-ortho nitro benzene ring substituents is 1. The minimum atomic E-state index is -0.681. The zero-order valence-corrected chi connectivity index (χ0v) is 16.1. The van der Waals surface area contributed by atoms with Gasteiger partial charge in [-0.05, 0) is 30.2 Å². The van der Waals surface area contributed by atoms with Gasteiger partial charge in [-0.1, -0.05) is 31.5 Å². The number of carbonyl (C=O) groups excluding carboxylic acids is 2. The van der Waals surface area contributed by atoms with Crippen LogP contribution in [0, 0.1) is 16.0 Å². The van der Waals surface area contributed by atoms with Crippen LogP contribution in [0.15, 0.2) is 42.5 Å². The molecule has 1 amide bonds. The molecule has 0 unspecified atom stereocenters. The fourth-order valence-corrected chi connectivity index (χ4v) is 2.32. The lowest BCUT2D eigenvalue weighted by Crippen LogP contribution is -2.21. The average molecular weight is 407 g/mol. The molecule has 8 nitrogen and oxygen atoms in total. The van der Waals surface area contributed by atoms with Gasteiger partial charge in [0.25, 0.3) is 11.6 Å². The molecule has 0 atom stereocenters. The third-order valence-electron chi connectivity index (χ3n) is 3.43. The first-order chi connectivity index (χ1) is 13.3. The van der Waals surface area contributed by atoms with Crippen molar-refractivity contribution in [2.45, 2.75) is 13.8 Å². The fraction of sp³-hybridized carbons (Fsp3) is 0.263. The highest BCUT2D eigenvalue weighted by atomic mass is 35.5. The SMILES string of the molecule is CC(C)COc1cccc(C(=O)OCC(=O)Nc2ccc([N+](=O)[O-])cc2Cl)c1. The highest BCUT2D eigenvalue weighted by Crippen LogP contribution is 2.26. The summed E-state index contributed by atoms with van der Waals surface area (Å²) in [5, 5.41) is 13.1. The maximum atomic E-state index is 12.1. The molecule has 0 aliphatic heterocycles. The number of carbonyl (C=O) groups is 2. The predicted octanol–water partition coefficient (Wildman–Crippen LogP) is 4.08. The van der Waals surface area contributed by atoms with Crippen molar-refractivity contribution in [3.63, 3.8) is 0 Å². The molecule has 148 valence electrons. The van der Waals surface area contributed by atoms with Gasteiger partial charge in [0.15, 0.2) is 6.61 Å². The van der Waals surface area contributed by atoms with E-state index in [0.29, 0.717) is 18.3 Å². The minimum absolute atomic E-state index is 0.00359. The summed E-state index contributed by atoms with van der Waals surface area (Å²) < 4.78 is 10.5. The number of amides is 1. The molecule has 1 N–H and O–H groups in total. The summed E-state index contributed by atoms with van der Waals surface area (Å²) in [6.07, 6.45) is 0. The van der Waals surface area contributed by atoms with Crippen LogP contribution in [0.25, 0.3) is 0 Å². The molecular formula is C19H19ClN2O6. The van der Waals surface area contributed by atoms with Crippen molar-refractivity contribution >= 4 is 34.9 Å². The highest BCUT2D eigenvalue weighted by Gasteiger charge is 2.14. The Morgan fingerprint density at radius 3 is 2.61 bits per heavy atom. The van der Waals surface area contributed by atoms with Crippen molar-refractivity contribution in [1.82, 2.24) is 0 Å². The van der Waals surface area contributed by atoms with Gasteiger partial charge < -0.3 is 14.8 Å². The van der Waals surface area contributed by atoms with Crippen molar-refractivity contribution < 1.29 is 24.0 Å². The summed E-state index contributed by atoms with van der Waals surface area (Å²) in [7, 11) is 0. The molecule has 0 aromatic heterocycles. The van der Waals surface area contributed by atoms with E-state index in [2.05, 4.69) is 5.32 Å². The van der Waals surface area contributed by atoms with Gasteiger partial charge in [0.1, 0.15) is 5.75 Å². The third kappa shape index (κ3) is 6.24. The normalized spacial score (nSPS) is 10.4. The first-order valence-electron chi connectivity index (χ1n) is 8.40. The number of hydrogen-bond acceptors (Lipinski definition) is 6. The van der Waals surface area contributed by atoms with Gasteiger partial charge in [-0.25, -0.2) is 4.79 Å². The average Bonchev–Trinajstić information content (AvgIpc) is 2.66. The molecule has 0 fully saturated rings. The predicted molar refractivity (Wildman–Crippen MR) is 104 cm³/mol. The number of nitro benzene ring substituents is 1. The van der Waals surface area contributed by atoms with E-state index in [4.69, 9.17) is 21.1 Å². The van der Waals surface area contributed by atoms with Gasteiger partial charge >= 0.3 is 5.97 Å². The molecule has 0 bridgehead atoms. The summed E-state index contributed by atoms with van der Waals surface area (Å²) in [5.41, 5.74) is 0.230. The summed E-state index contributed by atoms with van der Waals surface area (Å²) in [4.78, 5) is 34.2. The third-order valence-corrected chi connectivity index (χ3v) is 3.74. The van der Waals surface area contributed by atoms with Crippen molar-refractivity contribution in [3.05, 3.63) is 63.2 Å². The van der Waals surface area contributed by atoms with Crippen LogP contribution in [-0.2, 0) is 9.53 Å². The number of halogens is 1. The molecule has 2 rings (SSSR count). The van der Waals surface area contributed by atoms with Crippen LogP contribution in [0.4, 0.5) is 11.4 Å². The maximum absolute atomic E-state index is 12.1. The van der Waals surface area contributed by atoms with Crippen molar-refractivity contribution in [3.8, 4) is 5.75 Å². The molecule has 0 aliphatic rings. The lowest BCUT2D eigenvalue weighted by Gasteiger charge is -2.10. The molecule has 2 aromatic carbocycles. The van der Waals surface area contributed by atoms with Crippen LogP contribution in [0.2, 0.25) is 5.02 Å². The molecule has 28 heavy (non-hydrogen) atoms. The molecule has 0 saturated carbocycles. The number of nitrogens with zero attached hydrogens (tertiary/aromatic N) is 1. The van der Waals surface area contributed by atoms with E-state index in [1.54, 1.807) is 18.2 Å². The smallest absolute Gasteiger partial charge is 0.338 e. The second-order valence-corrected chi connectivity index (χ2v) is 6.69. The van der Waals surface area contributed by atoms with Gasteiger partial charge in [0.05, 0.1) is 27.8 Å². The number of nitro groups is 1. The largest absolute Gasteiger partial charge is 0.493 e. The molecule has 0 heterocycles. The lowest BCUT2D eigenvalue weighted by atomic mass is 10.2. The van der Waals surface area contributed by atoms with Gasteiger partial charge in [-0.15, -0.1) is 0 Å². The van der Waals surface area contributed by atoms with Gasteiger partial charge in [-0.2, -0.15) is 0 Å². The van der Waals surface area contributed by atoms with Gasteiger partial charge in [0, 0.05) is 12.1 Å². The Morgan fingerprint density at radius 2 is 1.96 bits per heavy atom. The molecule has 2 aromatic rings. The number of nitrogens with one attached hydrogen (secondary N) is 1. The van der Waals surface area contributed by atoms with E-state index in [0.717, 1.165) is 6.07 Å². The van der Waals surface area contributed by atoms with Gasteiger partial charge in [0.2, 0.25) is 0 Å². The van der Waals surface area contributed by atoms with E-state index in [1.807, 2.05) is 13.8 Å². The van der Waals surface area contributed by atoms with Crippen LogP contribution in [0.1, 0.15) is 24.2 Å². The summed E-state index contributed by atoms with van der Waals surface area (Å²) in [6.45, 7) is 3.99. The van der Waals surface area contributed by atoms with Crippen LogP contribution >= 0.6 is 11.6 Å². The Kier molecular flexibility index (Phi) is 7.34. The highest BCUT2D eigenvalue weighted by molar-refractivity contribution is 6.34. The Balaban J connectivity index is 1.91. The van der Waals surface area contributed by atoms with Crippen molar-refractivity contribution in [2.24, 2.45) is 5.92 Å². The van der Waals surface area contributed by atoms with E-state index in [-0.39, 0.29) is 22.0 Å². The van der Waals surface area contributed by atoms with Crippen molar-refractivity contribution in [2.75, 3.05) is 18.5 Å². The quantitative estimate of drug-likeness (QED) is 0.402. The molecule has 0 aliphatic carbocycles. The second kappa shape index (κ2) is 9.70. The number of benzene rings is 2. The molecule has 0 radical (unpaired) electrons. The Labute approximate surface area is 166 Å². The second-order valence-electron chi connectivity index (χ2n) is 6.28. The summed E-state index contributed by atoms with van der Waals surface area (Å²) >= 11 is 5.90. The standard InChI is InChI=1S/C19H19ClN2O6/c1-12(2)10-27-15-5-3-4-13(8-15)19(24)28-11-18(23)21-17-7-6-14(22(25)26)9-16(17)20/h3-9,12H,10-11H2,1-2H3,(H,21,23). The van der Waals surface area contributed by atoms with E-state index in [9.17, 15) is 19.7 Å². The Morgan fingerprint density at radius 1 is 1.21 bits per heavy atom. The van der Waals surface area contributed by atoms with Crippen LogP contribution in [0.5, 0.6) is 5.75 Å². The number of esters is 1. The molecule has 0 spiro atoms. The van der Waals surface area contributed by atoms with E-state index in [1.165, 1.54) is 18.2 Å². The summed E-state index contributed by atoms with van der Waals surface area (Å²) in [5.74, 6) is -0.438. The Bertz CT molecular complexity index is 884. The number of hydrogen-bond donors (Lipinski definition) is 1. The van der Waals surface area contributed by atoms with E-state index < -0.39 is 23.4 Å². The fourth-order valence-electron chi connectivity index (χ4n) is 2.10. The molecule has 0 saturated heterocycles. The first kappa shape index (κ1) is 21.2. The zero-order valence-electron chi connectivity index (χ0n) is 15.3. The monoisotopic (exact) mass is 406 g/mol. The maximum Gasteiger partial charge on any atom is 0.338 e. The van der Waals surface area contributed by atoms with Crippen LogP contribution in [-0.4, -0.2) is 30.0 Å². The van der Waals surface area contributed by atoms with Crippen molar-refractivity contribution in [1.29, 1.82) is 0 Å². The molecule has 9 heteroatoms. The van der Waals surface area contributed by atoms with Gasteiger partial charge in [-0.3, -0.25) is 14.9 Å². The number of anilines is 1. The number of ether oxygens (including phenoxy) is 2. The number of rotatable bonds is 8.